The highest BCUT2D eigenvalue weighted by molar-refractivity contribution is 5.94. The second-order valence-corrected chi connectivity index (χ2v) is 7.37. The van der Waals surface area contributed by atoms with Crippen LogP contribution in [0.1, 0.15) is 36.0 Å². The molecule has 0 bridgehead atoms. The maximum absolute atomic E-state index is 13.7. The van der Waals surface area contributed by atoms with Crippen LogP contribution >= 0.6 is 0 Å². The van der Waals surface area contributed by atoms with Gasteiger partial charge in [0.1, 0.15) is 17.3 Å². The molecule has 3 aromatic rings. The van der Waals surface area contributed by atoms with E-state index < -0.39 is 23.2 Å². The van der Waals surface area contributed by atoms with E-state index in [0.717, 1.165) is 40.4 Å². The molecule has 0 aliphatic rings. The Labute approximate surface area is 179 Å². The number of nitrogens with one attached hydrogen (secondary N) is 1. The Morgan fingerprint density at radius 1 is 1.16 bits per heavy atom. The summed E-state index contributed by atoms with van der Waals surface area (Å²) in [4.78, 5) is 30.9. The lowest BCUT2D eigenvalue weighted by Crippen LogP contribution is -2.38. The van der Waals surface area contributed by atoms with Crippen molar-refractivity contribution in [2.75, 3.05) is 18.4 Å². The van der Waals surface area contributed by atoms with Crippen LogP contribution in [0.25, 0.3) is 5.65 Å². The van der Waals surface area contributed by atoms with Crippen molar-refractivity contribution in [1.82, 2.24) is 19.5 Å². The molecule has 2 amide bonds. The van der Waals surface area contributed by atoms with Gasteiger partial charge < -0.3 is 10.2 Å². The van der Waals surface area contributed by atoms with Gasteiger partial charge in [0.25, 0.3) is 0 Å². The zero-order valence-electron chi connectivity index (χ0n) is 18.0. The fraction of sp³-hybridized carbons (Fsp3) is 0.364. The molecule has 2 aromatic heterocycles. The number of benzene rings is 1. The summed E-state index contributed by atoms with van der Waals surface area (Å²) in [5, 5.41) is 6.64. The summed E-state index contributed by atoms with van der Waals surface area (Å²) in [5.74, 6) is -2.64. The Morgan fingerprint density at radius 3 is 2.48 bits per heavy atom. The maximum Gasteiger partial charge on any atom is 0.244 e. The Bertz CT molecular complexity index is 1120. The summed E-state index contributed by atoms with van der Waals surface area (Å²) in [5.41, 5.74) is 3.77. The lowest BCUT2D eigenvalue weighted by atomic mass is 10.1. The number of carbonyl (C=O) groups is 2. The molecule has 0 unspecified atom stereocenters. The fourth-order valence-corrected chi connectivity index (χ4v) is 3.54. The third kappa shape index (κ3) is 4.87. The van der Waals surface area contributed by atoms with Gasteiger partial charge in [0.2, 0.25) is 11.8 Å². The van der Waals surface area contributed by atoms with Crippen molar-refractivity contribution in [1.29, 1.82) is 0 Å². The number of rotatable bonds is 7. The summed E-state index contributed by atoms with van der Waals surface area (Å²) in [6.07, 6.45) is 0.614. The zero-order chi connectivity index (χ0) is 22.7. The van der Waals surface area contributed by atoms with E-state index in [-0.39, 0.29) is 18.9 Å². The zero-order valence-corrected chi connectivity index (χ0v) is 18.0. The minimum absolute atomic E-state index is 0.171. The molecule has 3 rings (SSSR count). The van der Waals surface area contributed by atoms with Crippen LogP contribution in [-0.4, -0.2) is 44.4 Å². The standard InChI is InChI=1S/C22H25F2N5O2/c1-5-28(12-20(30)26-22-17(23)7-6-8-18(22)24)21(31)10-9-16-14(3)25-19-11-13(2)27-29(19)15(16)4/h6-8,11H,5,9-10,12H2,1-4H3,(H,26,30). The first-order valence-electron chi connectivity index (χ1n) is 10.0. The predicted octanol–water partition coefficient (Wildman–Crippen LogP) is 3.35. The second kappa shape index (κ2) is 9.20. The number of halogens is 2. The average molecular weight is 429 g/mol. The molecule has 1 aromatic carbocycles. The highest BCUT2D eigenvalue weighted by Gasteiger charge is 2.19. The quantitative estimate of drug-likeness (QED) is 0.625. The number of hydrogen-bond donors (Lipinski definition) is 1. The summed E-state index contributed by atoms with van der Waals surface area (Å²) < 4.78 is 29.2. The molecule has 0 spiro atoms. The second-order valence-electron chi connectivity index (χ2n) is 7.37. The van der Waals surface area contributed by atoms with Gasteiger partial charge in [-0.05, 0) is 51.8 Å². The SMILES string of the molecule is CCN(CC(=O)Nc1c(F)cccc1F)C(=O)CCc1c(C)nc2cc(C)nn2c1C. The van der Waals surface area contributed by atoms with Gasteiger partial charge in [-0.3, -0.25) is 9.59 Å². The van der Waals surface area contributed by atoms with Crippen LogP contribution in [0.15, 0.2) is 24.3 Å². The summed E-state index contributed by atoms with van der Waals surface area (Å²) in [6, 6.07) is 5.21. The normalized spacial score (nSPS) is 11.0. The Kier molecular flexibility index (Phi) is 6.62. The number of para-hydroxylation sites is 1. The van der Waals surface area contributed by atoms with E-state index in [9.17, 15) is 18.4 Å². The van der Waals surface area contributed by atoms with E-state index in [0.29, 0.717) is 13.0 Å². The Balaban J connectivity index is 1.66. The lowest BCUT2D eigenvalue weighted by molar-refractivity contribution is -0.134. The molecule has 1 N–H and O–H groups in total. The van der Waals surface area contributed by atoms with Crippen molar-refractivity contribution >= 4 is 23.1 Å². The van der Waals surface area contributed by atoms with Gasteiger partial charge in [-0.1, -0.05) is 6.07 Å². The van der Waals surface area contributed by atoms with Crippen LogP contribution < -0.4 is 5.32 Å². The number of aryl methyl sites for hydroxylation is 3. The molecule has 164 valence electrons. The molecule has 31 heavy (non-hydrogen) atoms. The molecule has 9 heteroatoms. The molecule has 7 nitrogen and oxygen atoms in total. The summed E-state index contributed by atoms with van der Waals surface area (Å²) in [7, 11) is 0. The van der Waals surface area contributed by atoms with E-state index in [2.05, 4.69) is 15.4 Å². The number of amides is 2. The molecular weight excluding hydrogens is 404 g/mol. The van der Waals surface area contributed by atoms with Crippen molar-refractivity contribution in [2.24, 2.45) is 0 Å². The molecule has 0 aliphatic heterocycles. The number of anilines is 1. The third-order valence-electron chi connectivity index (χ3n) is 5.17. The minimum Gasteiger partial charge on any atom is -0.334 e. The first-order valence-corrected chi connectivity index (χ1v) is 10.0. The molecule has 0 saturated heterocycles. The van der Waals surface area contributed by atoms with Crippen LogP contribution in [-0.2, 0) is 16.0 Å². The van der Waals surface area contributed by atoms with Crippen LogP contribution in [0, 0.1) is 32.4 Å². The number of likely N-dealkylation sites (N-methyl/N-ethyl adjacent to an activating group) is 1. The van der Waals surface area contributed by atoms with Gasteiger partial charge in [0, 0.05) is 30.4 Å². The van der Waals surface area contributed by atoms with Crippen molar-refractivity contribution in [3.8, 4) is 0 Å². The highest BCUT2D eigenvalue weighted by Crippen LogP contribution is 2.19. The molecule has 2 heterocycles. The smallest absolute Gasteiger partial charge is 0.244 e. The van der Waals surface area contributed by atoms with Gasteiger partial charge in [-0.2, -0.15) is 5.10 Å². The van der Waals surface area contributed by atoms with Crippen molar-refractivity contribution in [3.63, 3.8) is 0 Å². The Hall–Kier alpha value is -3.36. The van der Waals surface area contributed by atoms with Crippen LogP contribution in [0.4, 0.5) is 14.5 Å². The number of carbonyl (C=O) groups excluding carboxylic acids is 2. The molecule has 0 radical (unpaired) electrons. The van der Waals surface area contributed by atoms with Crippen LogP contribution in [0.2, 0.25) is 0 Å². The van der Waals surface area contributed by atoms with Gasteiger partial charge in [-0.15, -0.1) is 0 Å². The van der Waals surface area contributed by atoms with E-state index >= 15 is 0 Å². The molecule has 0 aliphatic carbocycles. The van der Waals surface area contributed by atoms with E-state index in [1.807, 2.05) is 26.8 Å². The van der Waals surface area contributed by atoms with E-state index in [4.69, 9.17) is 0 Å². The van der Waals surface area contributed by atoms with Crippen molar-refractivity contribution in [3.05, 3.63) is 58.5 Å². The predicted molar refractivity (Wildman–Crippen MR) is 113 cm³/mol. The molecule has 0 saturated carbocycles. The largest absolute Gasteiger partial charge is 0.334 e. The summed E-state index contributed by atoms with van der Waals surface area (Å²) in [6.45, 7) is 7.46. The number of aromatic nitrogens is 3. The Morgan fingerprint density at radius 2 is 1.84 bits per heavy atom. The van der Waals surface area contributed by atoms with Gasteiger partial charge in [-0.25, -0.2) is 18.3 Å². The average Bonchev–Trinajstić information content (AvgIpc) is 3.09. The third-order valence-corrected chi connectivity index (χ3v) is 5.17. The first kappa shape index (κ1) is 22.3. The number of hydrogen-bond acceptors (Lipinski definition) is 4. The van der Waals surface area contributed by atoms with Crippen molar-refractivity contribution in [2.45, 2.75) is 40.5 Å². The van der Waals surface area contributed by atoms with Crippen molar-refractivity contribution < 1.29 is 18.4 Å². The van der Waals surface area contributed by atoms with E-state index in [1.165, 1.54) is 11.0 Å². The van der Waals surface area contributed by atoms with E-state index in [1.54, 1.807) is 11.4 Å². The van der Waals surface area contributed by atoms with Crippen LogP contribution in [0.5, 0.6) is 0 Å². The first-order chi connectivity index (χ1) is 14.7. The minimum atomic E-state index is -0.870. The van der Waals surface area contributed by atoms with Gasteiger partial charge >= 0.3 is 0 Å². The maximum atomic E-state index is 13.7. The monoisotopic (exact) mass is 429 g/mol. The highest BCUT2D eigenvalue weighted by atomic mass is 19.1. The lowest BCUT2D eigenvalue weighted by Gasteiger charge is -2.21. The van der Waals surface area contributed by atoms with Gasteiger partial charge in [0.15, 0.2) is 5.65 Å². The molecule has 0 atom stereocenters. The molecule has 0 fully saturated rings. The van der Waals surface area contributed by atoms with Gasteiger partial charge in [0.05, 0.1) is 12.2 Å². The fourth-order valence-electron chi connectivity index (χ4n) is 3.54. The summed E-state index contributed by atoms with van der Waals surface area (Å²) >= 11 is 0. The number of fused-ring (bicyclic) bond motifs is 1. The molecular formula is C22H25F2N5O2. The number of nitrogens with zero attached hydrogens (tertiary/aromatic N) is 4. The topological polar surface area (TPSA) is 79.6 Å². The van der Waals surface area contributed by atoms with Crippen LogP contribution in [0.3, 0.4) is 0 Å².